The van der Waals surface area contributed by atoms with Crippen LogP contribution >= 0.6 is 11.8 Å². The summed E-state index contributed by atoms with van der Waals surface area (Å²) in [5, 5.41) is 11.8. The number of thioether (sulfide) groups is 1. The topological polar surface area (TPSA) is 113 Å². The molecule has 3 amide bonds. The quantitative estimate of drug-likeness (QED) is 0.673. The Morgan fingerprint density at radius 3 is 2.65 bits per heavy atom. The molecule has 0 aromatic rings. The summed E-state index contributed by atoms with van der Waals surface area (Å²) in [7, 11) is 0. The van der Waals surface area contributed by atoms with Crippen molar-refractivity contribution >= 4 is 29.7 Å². The summed E-state index contributed by atoms with van der Waals surface area (Å²) >= 11 is 1.79. The van der Waals surface area contributed by atoms with E-state index in [0.29, 0.717) is 11.8 Å². The van der Waals surface area contributed by atoms with E-state index in [-0.39, 0.29) is 18.9 Å². The van der Waals surface area contributed by atoms with Crippen molar-refractivity contribution in [2.24, 2.45) is 5.73 Å². The molecule has 0 aromatic carbocycles. The normalized spacial score (nSPS) is 24.0. The van der Waals surface area contributed by atoms with Crippen LogP contribution in [0.1, 0.15) is 26.7 Å². The first-order valence-electron chi connectivity index (χ1n) is 6.52. The van der Waals surface area contributed by atoms with E-state index >= 15 is 0 Å². The van der Waals surface area contributed by atoms with Crippen molar-refractivity contribution in [1.29, 1.82) is 0 Å². The first-order valence-corrected chi connectivity index (χ1v) is 7.57. The van der Waals surface area contributed by atoms with Crippen molar-refractivity contribution in [2.45, 2.75) is 44.0 Å². The number of carbonyl (C=O) groups is 3. The van der Waals surface area contributed by atoms with Crippen molar-refractivity contribution in [2.75, 3.05) is 12.3 Å². The smallest absolute Gasteiger partial charge is 0.326 e. The number of nitrogens with zero attached hydrogens (tertiary/aromatic N) is 1. The minimum Gasteiger partial charge on any atom is -0.480 e. The van der Waals surface area contributed by atoms with E-state index in [1.54, 1.807) is 16.7 Å². The minimum absolute atomic E-state index is 0.00291. The Morgan fingerprint density at radius 2 is 2.10 bits per heavy atom. The highest BCUT2D eigenvalue weighted by atomic mass is 32.2. The molecule has 0 aromatic heterocycles. The lowest BCUT2D eigenvalue weighted by Crippen LogP contribution is -2.55. The molecule has 8 heteroatoms. The zero-order valence-corrected chi connectivity index (χ0v) is 12.5. The maximum atomic E-state index is 12.1. The van der Waals surface area contributed by atoms with Gasteiger partial charge in [0.2, 0.25) is 5.91 Å². The second-order valence-corrected chi connectivity index (χ2v) is 6.34. The van der Waals surface area contributed by atoms with Gasteiger partial charge < -0.3 is 21.1 Å². The lowest BCUT2D eigenvalue weighted by molar-refractivity contribution is -0.139. The van der Waals surface area contributed by atoms with Gasteiger partial charge in [0.1, 0.15) is 6.04 Å². The standard InChI is InChI=1S/C12H21N3O4S/c1-7-8(2)20-6-5-15(7)12(19)14-9(11(17)18)3-4-10(13)16/h7-9H,3-6H2,1-2H3,(H2,13,16)(H,14,19)(H,17,18)/t7?,8?,9-/m0/s1. The number of nitrogens with one attached hydrogen (secondary N) is 1. The van der Waals surface area contributed by atoms with Crippen LogP contribution in [0.25, 0.3) is 0 Å². The van der Waals surface area contributed by atoms with Gasteiger partial charge in [0, 0.05) is 30.0 Å². The number of carboxylic acids is 1. The Bertz CT molecular complexity index is 391. The number of rotatable bonds is 5. The first-order chi connectivity index (χ1) is 9.32. The largest absolute Gasteiger partial charge is 0.480 e. The molecule has 20 heavy (non-hydrogen) atoms. The van der Waals surface area contributed by atoms with E-state index in [2.05, 4.69) is 5.32 Å². The summed E-state index contributed by atoms with van der Waals surface area (Å²) in [6.45, 7) is 4.57. The van der Waals surface area contributed by atoms with E-state index in [0.717, 1.165) is 5.75 Å². The summed E-state index contributed by atoms with van der Waals surface area (Å²) in [5.41, 5.74) is 5.00. The van der Waals surface area contributed by atoms with Crippen LogP contribution in [-0.4, -0.2) is 57.5 Å². The molecule has 1 fully saturated rings. The fraction of sp³-hybridized carbons (Fsp3) is 0.750. The maximum absolute atomic E-state index is 12.1. The number of carbonyl (C=O) groups excluding carboxylic acids is 2. The molecule has 1 heterocycles. The van der Waals surface area contributed by atoms with Crippen LogP contribution < -0.4 is 11.1 Å². The highest BCUT2D eigenvalue weighted by Gasteiger charge is 2.31. The third-order valence-corrected chi connectivity index (χ3v) is 4.76. The molecular formula is C12H21N3O4S. The van der Waals surface area contributed by atoms with Crippen molar-refractivity contribution in [3.05, 3.63) is 0 Å². The lowest BCUT2D eigenvalue weighted by atomic mass is 10.1. The van der Waals surface area contributed by atoms with Gasteiger partial charge in [-0.15, -0.1) is 0 Å². The van der Waals surface area contributed by atoms with E-state index in [1.807, 2.05) is 13.8 Å². The predicted molar refractivity (Wildman–Crippen MR) is 76.5 cm³/mol. The Labute approximate surface area is 122 Å². The number of hydrogen-bond acceptors (Lipinski definition) is 4. The molecule has 3 atom stereocenters. The second kappa shape index (κ2) is 7.37. The van der Waals surface area contributed by atoms with E-state index in [4.69, 9.17) is 10.8 Å². The molecule has 7 nitrogen and oxygen atoms in total. The van der Waals surface area contributed by atoms with Gasteiger partial charge in [0.25, 0.3) is 0 Å². The Balaban J connectivity index is 2.60. The van der Waals surface area contributed by atoms with Crippen LogP contribution in [0.3, 0.4) is 0 Å². The van der Waals surface area contributed by atoms with Gasteiger partial charge in [-0.2, -0.15) is 11.8 Å². The van der Waals surface area contributed by atoms with Gasteiger partial charge in [0.05, 0.1) is 0 Å². The van der Waals surface area contributed by atoms with Crippen molar-refractivity contribution in [3.8, 4) is 0 Å². The monoisotopic (exact) mass is 303 g/mol. The molecule has 2 unspecified atom stereocenters. The van der Waals surface area contributed by atoms with Crippen molar-refractivity contribution in [3.63, 3.8) is 0 Å². The molecule has 1 saturated heterocycles. The third-order valence-electron chi connectivity index (χ3n) is 3.42. The maximum Gasteiger partial charge on any atom is 0.326 e. The predicted octanol–water partition coefficient (Wildman–Crippen LogP) is 0.241. The summed E-state index contributed by atoms with van der Waals surface area (Å²) < 4.78 is 0. The number of nitrogens with two attached hydrogens (primary N) is 1. The Kier molecular flexibility index (Phi) is 6.12. The highest BCUT2D eigenvalue weighted by Crippen LogP contribution is 2.24. The van der Waals surface area contributed by atoms with Gasteiger partial charge >= 0.3 is 12.0 Å². The molecule has 0 spiro atoms. The highest BCUT2D eigenvalue weighted by molar-refractivity contribution is 8.00. The fourth-order valence-electron chi connectivity index (χ4n) is 2.00. The summed E-state index contributed by atoms with van der Waals surface area (Å²) in [6, 6.07) is -1.45. The summed E-state index contributed by atoms with van der Waals surface area (Å²) in [6.07, 6.45) is -0.0675. The van der Waals surface area contributed by atoms with Gasteiger partial charge in [-0.3, -0.25) is 4.79 Å². The number of urea groups is 1. The van der Waals surface area contributed by atoms with Crippen molar-refractivity contribution < 1.29 is 19.5 Å². The Morgan fingerprint density at radius 1 is 1.45 bits per heavy atom. The molecule has 1 rings (SSSR count). The summed E-state index contributed by atoms with van der Waals surface area (Å²) in [4.78, 5) is 35.6. The van der Waals surface area contributed by atoms with Crippen LogP contribution in [0.2, 0.25) is 0 Å². The van der Waals surface area contributed by atoms with E-state index in [9.17, 15) is 14.4 Å². The van der Waals surface area contributed by atoms with Crippen molar-refractivity contribution in [1.82, 2.24) is 10.2 Å². The SMILES string of the molecule is CC1SCCN(C(=O)N[C@@H](CCC(N)=O)C(=O)O)C1C. The zero-order valence-electron chi connectivity index (χ0n) is 11.7. The lowest BCUT2D eigenvalue weighted by Gasteiger charge is -2.37. The third kappa shape index (κ3) is 4.59. The van der Waals surface area contributed by atoms with Gasteiger partial charge in [-0.05, 0) is 13.3 Å². The molecule has 0 saturated carbocycles. The second-order valence-electron chi connectivity index (χ2n) is 4.86. The minimum atomic E-state index is -1.16. The number of primary amides is 1. The molecule has 0 radical (unpaired) electrons. The Hall–Kier alpha value is -1.44. The molecule has 0 bridgehead atoms. The molecule has 1 aliphatic rings. The summed E-state index contributed by atoms with van der Waals surface area (Å²) in [5.74, 6) is -0.911. The van der Waals surface area contributed by atoms with Crippen LogP contribution in [0.5, 0.6) is 0 Å². The number of aliphatic carboxylic acids is 1. The average molecular weight is 303 g/mol. The van der Waals surface area contributed by atoms with Gasteiger partial charge in [-0.1, -0.05) is 6.92 Å². The molecule has 0 aliphatic carbocycles. The first kappa shape index (κ1) is 16.6. The average Bonchev–Trinajstić information content (AvgIpc) is 2.36. The fourth-order valence-corrected chi connectivity index (χ4v) is 3.10. The molecule has 114 valence electrons. The van der Waals surface area contributed by atoms with E-state index in [1.165, 1.54) is 0 Å². The van der Waals surface area contributed by atoms with Gasteiger partial charge in [0.15, 0.2) is 0 Å². The molecule has 4 N–H and O–H groups in total. The molecule has 1 aliphatic heterocycles. The van der Waals surface area contributed by atoms with Crippen LogP contribution in [0.15, 0.2) is 0 Å². The number of hydrogen-bond donors (Lipinski definition) is 3. The number of amides is 3. The van der Waals surface area contributed by atoms with Crippen LogP contribution in [-0.2, 0) is 9.59 Å². The van der Waals surface area contributed by atoms with Crippen LogP contribution in [0, 0.1) is 0 Å². The van der Waals surface area contributed by atoms with Gasteiger partial charge in [-0.25, -0.2) is 9.59 Å². The molecular weight excluding hydrogens is 282 g/mol. The van der Waals surface area contributed by atoms with E-state index < -0.39 is 23.9 Å². The number of carboxylic acid groups (broad SMARTS) is 1. The zero-order chi connectivity index (χ0) is 15.3. The van der Waals surface area contributed by atoms with Crippen LogP contribution in [0.4, 0.5) is 4.79 Å².